The standard InChI is InChI=1S/C23H28N4O.C8H7ClO/c1-4-17(2)23(25-13-12-21-15-24-16-26-21)27-20-10-8-18(9-11-20)19-6-5-7-22(14-19)28-3;1-6(10)7-3-2-4-8(9)5-7/h5-11,14-16,25,27H,4,12-13H2,1-3H3,(H,24,26);2-5H,1H3. The number of aromatic amines is 1. The summed E-state index contributed by atoms with van der Waals surface area (Å²) in [5.74, 6) is 1.98. The number of hydrogen-bond acceptors (Lipinski definition) is 5. The Morgan fingerprint density at radius 2 is 1.76 bits per heavy atom. The molecule has 0 bridgehead atoms. The number of H-pyrrole nitrogens is 1. The van der Waals surface area contributed by atoms with Crippen molar-refractivity contribution < 1.29 is 9.53 Å². The summed E-state index contributed by atoms with van der Waals surface area (Å²) in [4.78, 5) is 17.9. The maximum Gasteiger partial charge on any atom is 0.159 e. The lowest BCUT2D eigenvalue weighted by Gasteiger charge is -2.17. The number of aromatic nitrogens is 2. The van der Waals surface area contributed by atoms with Gasteiger partial charge >= 0.3 is 0 Å². The summed E-state index contributed by atoms with van der Waals surface area (Å²) in [7, 11) is 1.69. The molecule has 3 N–H and O–H groups in total. The van der Waals surface area contributed by atoms with Gasteiger partial charge in [-0.05, 0) is 73.4 Å². The average molecular weight is 531 g/mol. The second-order valence-corrected chi connectivity index (χ2v) is 9.20. The van der Waals surface area contributed by atoms with Gasteiger partial charge in [-0.15, -0.1) is 0 Å². The fourth-order valence-corrected chi connectivity index (χ4v) is 3.81. The van der Waals surface area contributed by atoms with Crippen LogP contribution in [0.3, 0.4) is 0 Å². The van der Waals surface area contributed by atoms with E-state index >= 15 is 0 Å². The van der Waals surface area contributed by atoms with Crippen LogP contribution in [0.15, 0.2) is 96.7 Å². The average Bonchev–Trinajstić information content (AvgIpc) is 3.46. The molecule has 0 spiro atoms. The van der Waals surface area contributed by atoms with E-state index in [0.717, 1.165) is 53.5 Å². The smallest absolute Gasteiger partial charge is 0.159 e. The zero-order chi connectivity index (χ0) is 27.3. The molecule has 1 aromatic heterocycles. The predicted molar refractivity (Wildman–Crippen MR) is 157 cm³/mol. The van der Waals surface area contributed by atoms with Crippen LogP contribution in [0.1, 0.15) is 43.2 Å². The summed E-state index contributed by atoms with van der Waals surface area (Å²) >= 11 is 5.64. The number of Topliss-reactive ketones (excluding diaryl/α,β-unsaturated/α-hetero) is 1. The Bertz CT molecular complexity index is 1330. The molecule has 0 saturated heterocycles. The lowest BCUT2D eigenvalue weighted by Crippen LogP contribution is -2.23. The highest BCUT2D eigenvalue weighted by Gasteiger charge is 2.05. The maximum absolute atomic E-state index is 10.7. The van der Waals surface area contributed by atoms with Crippen LogP contribution in [-0.4, -0.2) is 29.4 Å². The van der Waals surface area contributed by atoms with E-state index in [-0.39, 0.29) is 5.78 Å². The molecule has 0 saturated carbocycles. The molecule has 0 aliphatic heterocycles. The molecule has 0 radical (unpaired) electrons. The van der Waals surface area contributed by atoms with E-state index < -0.39 is 0 Å². The van der Waals surface area contributed by atoms with Crippen molar-refractivity contribution in [3.63, 3.8) is 0 Å². The van der Waals surface area contributed by atoms with Crippen molar-refractivity contribution in [2.45, 2.75) is 33.6 Å². The van der Waals surface area contributed by atoms with E-state index in [1.807, 2.05) is 24.4 Å². The Morgan fingerprint density at radius 3 is 2.37 bits per heavy atom. The SMILES string of the molecule is CC(=O)c1cccc(Cl)c1.CCC(C)=C(NCCc1cnc[nH]1)Nc1ccc(-c2cccc(OC)c2)cc1. The van der Waals surface area contributed by atoms with Crippen molar-refractivity contribution in [3.05, 3.63) is 113 Å². The van der Waals surface area contributed by atoms with Gasteiger partial charge in [0.1, 0.15) is 11.6 Å². The number of nitrogens with one attached hydrogen (secondary N) is 3. The Labute approximate surface area is 230 Å². The number of nitrogens with zero attached hydrogens (tertiary/aromatic N) is 1. The number of halogens is 1. The summed E-state index contributed by atoms with van der Waals surface area (Å²) < 4.78 is 5.32. The fraction of sp³-hybridized carbons (Fsp3) is 0.226. The molecule has 7 heteroatoms. The third-order valence-corrected chi connectivity index (χ3v) is 6.23. The van der Waals surface area contributed by atoms with E-state index in [1.54, 1.807) is 37.7 Å². The Morgan fingerprint density at radius 1 is 1.00 bits per heavy atom. The van der Waals surface area contributed by atoms with Crippen molar-refractivity contribution >= 4 is 23.1 Å². The highest BCUT2D eigenvalue weighted by atomic mass is 35.5. The second-order valence-electron chi connectivity index (χ2n) is 8.76. The number of hydrogen-bond donors (Lipinski definition) is 3. The monoisotopic (exact) mass is 530 g/mol. The van der Waals surface area contributed by atoms with E-state index in [4.69, 9.17) is 16.3 Å². The van der Waals surface area contributed by atoms with E-state index in [0.29, 0.717) is 10.6 Å². The van der Waals surface area contributed by atoms with Crippen LogP contribution in [-0.2, 0) is 6.42 Å². The molecule has 0 unspecified atom stereocenters. The van der Waals surface area contributed by atoms with Gasteiger partial charge in [0.05, 0.1) is 13.4 Å². The Kier molecular flexibility index (Phi) is 11.0. The minimum absolute atomic E-state index is 0.0440. The van der Waals surface area contributed by atoms with Crippen molar-refractivity contribution in [3.8, 4) is 16.9 Å². The summed E-state index contributed by atoms with van der Waals surface area (Å²) in [5.41, 5.74) is 6.44. The fourth-order valence-electron chi connectivity index (χ4n) is 3.62. The van der Waals surface area contributed by atoms with Crippen molar-refractivity contribution in [2.24, 2.45) is 0 Å². The number of rotatable bonds is 10. The second kappa shape index (κ2) is 14.6. The molecule has 0 amide bonds. The molecular weight excluding hydrogens is 496 g/mol. The molecule has 0 aliphatic carbocycles. The minimum atomic E-state index is 0.0440. The predicted octanol–water partition coefficient (Wildman–Crippen LogP) is 7.51. The van der Waals surface area contributed by atoms with Gasteiger partial charge < -0.3 is 20.4 Å². The van der Waals surface area contributed by atoms with Crippen molar-refractivity contribution in [2.75, 3.05) is 19.0 Å². The normalized spacial score (nSPS) is 11.1. The first-order valence-corrected chi connectivity index (χ1v) is 13.0. The molecule has 0 fully saturated rings. The lowest BCUT2D eigenvalue weighted by atomic mass is 10.1. The quantitative estimate of drug-likeness (QED) is 0.185. The zero-order valence-corrected chi connectivity index (χ0v) is 23.1. The number of methoxy groups -OCH3 is 1. The highest BCUT2D eigenvalue weighted by molar-refractivity contribution is 6.30. The zero-order valence-electron chi connectivity index (χ0n) is 22.3. The van der Waals surface area contributed by atoms with Crippen LogP contribution < -0.4 is 15.4 Å². The van der Waals surface area contributed by atoms with Crippen LogP contribution >= 0.6 is 11.6 Å². The highest BCUT2D eigenvalue weighted by Crippen LogP contribution is 2.25. The van der Waals surface area contributed by atoms with Gasteiger partial charge in [0, 0.05) is 41.1 Å². The van der Waals surface area contributed by atoms with Crippen molar-refractivity contribution in [1.82, 2.24) is 15.3 Å². The first-order chi connectivity index (χ1) is 18.4. The topological polar surface area (TPSA) is 79.0 Å². The minimum Gasteiger partial charge on any atom is -0.497 e. The molecule has 3 aromatic carbocycles. The van der Waals surface area contributed by atoms with E-state index in [9.17, 15) is 4.79 Å². The van der Waals surface area contributed by atoms with Gasteiger partial charge in [0.15, 0.2) is 5.78 Å². The third-order valence-electron chi connectivity index (χ3n) is 6.00. The van der Waals surface area contributed by atoms with Crippen molar-refractivity contribution in [1.29, 1.82) is 0 Å². The van der Waals surface area contributed by atoms with E-state index in [1.165, 1.54) is 12.5 Å². The largest absolute Gasteiger partial charge is 0.497 e. The first-order valence-electron chi connectivity index (χ1n) is 12.6. The summed E-state index contributed by atoms with van der Waals surface area (Å²) in [6, 6.07) is 23.5. The molecule has 4 rings (SSSR count). The molecule has 0 aliphatic rings. The molecule has 1 heterocycles. The molecule has 6 nitrogen and oxygen atoms in total. The van der Waals surface area contributed by atoms with Gasteiger partial charge in [-0.25, -0.2) is 4.98 Å². The number of allylic oxidation sites excluding steroid dienone is 1. The molecule has 38 heavy (non-hydrogen) atoms. The number of imidazole rings is 1. The summed E-state index contributed by atoms with van der Waals surface area (Å²) in [5, 5.41) is 7.66. The summed E-state index contributed by atoms with van der Waals surface area (Å²) in [6.45, 7) is 6.67. The number of benzene rings is 3. The van der Waals surface area contributed by atoms with Crippen LogP contribution in [0.4, 0.5) is 5.69 Å². The molecule has 0 atom stereocenters. The number of ketones is 1. The van der Waals surface area contributed by atoms with E-state index in [2.05, 4.69) is 64.8 Å². The Hall–Kier alpha value is -4.03. The number of anilines is 1. The van der Waals surface area contributed by atoms with Gasteiger partial charge in [-0.1, -0.05) is 54.9 Å². The number of carbonyl (C=O) groups is 1. The van der Waals surface area contributed by atoms with Crippen LogP contribution in [0.2, 0.25) is 5.02 Å². The molecule has 198 valence electrons. The molecular formula is C31H35ClN4O2. The summed E-state index contributed by atoms with van der Waals surface area (Å²) in [6.07, 6.45) is 5.46. The van der Waals surface area contributed by atoms with Gasteiger partial charge in [0.25, 0.3) is 0 Å². The van der Waals surface area contributed by atoms with Crippen LogP contribution in [0, 0.1) is 0 Å². The number of carbonyl (C=O) groups excluding carboxylic acids is 1. The lowest BCUT2D eigenvalue weighted by molar-refractivity contribution is 0.101. The third kappa shape index (κ3) is 8.82. The van der Waals surface area contributed by atoms with Gasteiger partial charge in [0.2, 0.25) is 0 Å². The van der Waals surface area contributed by atoms with Gasteiger partial charge in [-0.3, -0.25) is 4.79 Å². The number of ether oxygens (including phenoxy) is 1. The maximum atomic E-state index is 10.7. The van der Waals surface area contributed by atoms with Crippen LogP contribution in [0.5, 0.6) is 5.75 Å². The molecule has 4 aromatic rings. The van der Waals surface area contributed by atoms with Crippen LogP contribution in [0.25, 0.3) is 11.1 Å². The van der Waals surface area contributed by atoms with Gasteiger partial charge in [-0.2, -0.15) is 0 Å². The Balaban J connectivity index is 0.000000336. The first kappa shape index (κ1) is 28.5.